The molecule has 33 heavy (non-hydrogen) atoms. The number of nitrogens with one attached hydrogen (secondary N) is 2. The van der Waals surface area contributed by atoms with Crippen LogP contribution in [0.3, 0.4) is 0 Å². The number of nitrogens with zero attached hydrogens (tertiary/aromatic N) is 6. The van der Waals surface area contributed by atoms with Crippen LogP contribution in [0, 0.1) is 0 Å². The molecule has 174 valence electrons. The molecule has 0 bridgehead atoms. The molecule has 1 atom stereocenters. The maximum Gasteiger partial charge on any atom is 0.281 e. The van der Waals surface area contributed by atoms with Crippen molar-refractivity contribution < 1.29 is 13.6 Å². The number of aromatic nitrogens is 4. The van der Waals surface area contributed by atoms with Crippen molar-refractivity contribution >= 4 is 46.3 Å². The highest BCUT2D eigenvalue weighted by Gasteiger charge is 2.24. The molecule has 2 N–H and O–H groups in total. The van der Waals surface area contributed by atoms with Gasteiger partial charge in [0, 0.05) is 56.2 Å². The van der Waals surface area contributed by atoms with E-state index in [2.05, 4.69) is 42.5 Å². The Kier molecular flexibility index (Phi) is 6.63. The number of alkyl halides is 2. The number of carbonyl (C=O) groups excluding carboxylic acids is 1. The van der Waals surface area contributed by atoms with E-state index in [1.165, 1.54) is 18.6 Å². The van der Waals surface area contributed by atoms with Crippen LogP contribution >= 0.6 is 11.3 Å². The third-order valence-electron chi connectivity index (χ3n) is 5.37. The monoisotopic (exact) mass is 474 g/mol. The molecule has 0 aliphatic carbocycles. The number of likely N-dealkylation sites (N-methyl/N-ethyl adjacent to an activating group) is 1. The van der Waals surface area contributed by atoms with Crippen molar-refractivity contribution in [1.82, 2.24) is 24.9 Å². The minimum Gasteiger partial charge on any atom is -0.383 e. The summed E-state index contributed by atoms with van der Waals surface area (Å²) in [6.45, 7) is 3.07. The van der Waals surface area contributed by atoms with Crippen LogP contribution in [0.2, 0.25) is 0 Å². The summed E-state index contributed by atoms with van der Waals surface area (Å²) in [6.07, 6.45) is 2.68. The number of carbonyl (C=O) groups is 1. The molecule has 0 unspecified atom stereocenters. The van der Waals surface area contributed by atoms with Crippen molar-refractivity contribution in [3.05, 3.63) is 40.1 Å². The second kappa shape index (κ2) is 9.61. The van der Waals surface area contributed by atoms with Gasteiger partial charge in [0.25, 0.3) is 12.3 Å². The molecule has 3 aromatic rings. The average molecular weight is 475 g/mol. The SMILES string of the molecule is CN=C/C(=C(\NC)C(=O)Nc1ccn2nc(N3CCC[C@@H]3C)nc2c1)c1nc(C(F)F)cs1. The van der Waals surface area contributed by atoms with Gasteiger partial charge < -0.3 is 15.5 Å². The Morgan fingerprint density at radius 3 is 2.85 bits per heavy atom. The molecule has 9 nitrogen and oxygen atoms in total. The lowest BCUT2D eigenvalue weighted by Gasteiger charge is -2.18. The number of hydrogen-bond donors (Lipinski definition) is 2. The summed E-state index contributed by atoms with van der Waals surface area (Å²) < 4.78 is 27.7. The highest BCUT2D eigenvalue weighted by Crippen LogP contribution is 2.27. The number of hydrogen-bond acceptors (Lipinski definition) is 8. The van der Waals surface area contributed by atoms with Crippen molar-refractivity contribution in [3.8, 4) is 0 Å². The highest BCUT2D eigenvalue weighted by atomic mass is 32.1. The molecule has 1 aliphatic heterocycles. The summed E-state index contributed by atoms with van der Waals surface area (Å²) in [5, 5.41) is 11.7. The number of aliphatic imine (C=N–C) groups is 1. The van der Waals surface area contributed by atoms with Gasteiger partial charge in [-0.05, 0) is 25.8 Å². The zero-order valence-corrected chi connectivity index (χ0v) is 19.2. The number of allylic oxidation sites excluding steroid dienone is 1. The Bertz CT molecular complexity index is 1220. The first-order valence-electron chi connectivity index (χ1n) is 10.4. The van der Waals surface area contributed by atoms with Gasteiger partial charge in [-0.3, -0.25) is 9.79 Å². The molecule has 0 radical (unpaired) electrons. The van der Waals surface area contributed by atoms with Gasteiger partial charge >= 0.3 is 0 Å². The Morgan fingerprint density at radius 2 is 2.21 bits per heavy atom. The molecular weight excluding hydrogens is 450 g/mol. The minimum atomic E-state index is -2.69. The molecule has 0 saturated carbocycles. The third-order valence-corrected chi connectivity index (χ3v) is 6.27. The lowest BCUT2D eigenvalue weighted by molar-refractivity contribution is -0.113. The molecule has 12 heteroatoms. The first kappa shape index (κ1) is 22.8. The summed E-state index contributed by atoms with van der Waals surface area (Å²) in [6, 6.07) is 3.84. The molecule has 4 rings (SSSR count). The fourth-order valence-corrected chi connectivity index (χ4v) is 4.56. The van der Waals surface area contributed by atoms with Crippen molar-refractivity contribution in [2.75, 3.05) is 30.9 Å². The molecule has 0 aromatic carbocycles. The fraction of sp³-hybridized carbons (Fsp3) is 0.381. The van der Waals surface area contributed by atoms with Crippen LogP contribution in [-0.2, 0) is 4.79 Å². The number of rotatable bonds is 7. The van der Waals surface area contributed by atoms with Crippen LogP contribution in [0.25, 0.3) is 11.2 Å². The fourth-order valence-electron chi connectivity index (χ4n) is 3.73. The molecule has 1 saturated heterocycles. The van der Waals surface area contributed by atoms with Crippen LogP contribution in [0.15, 0.2) is 34.4 Å². The molecule has 3 aromatic heterocycles. The second-order valence-corrected chi connectivity index (χ2v) is 8.43. The van der Waals surface area contributed by atoms with Crippen LogP contribution in [0.5, 0.6) is 0 Å². The van der Waals surface area contributed by atoms with Crippen LogP contribution in [0.1, 0.15) is 36.9 Å². The Labute approximate surface area is 193 Å². The number of anilines is 2. The summed E-state index contributed by atoms with van der Waals surface area (Å²) in [7, 11) is 3.11. The predicted octanol–water partition coefficient (Wildman–Crippen LogP) is 3.38. The summed E-state index contributed by atoms with van der Waals surface area (Å²) in [5.74, 6) is 0.206. The van der Waals surface area contributed by atoms with Crippen LogP contribution in [-0.4, -0.2) is 58.4 Å². The molecule has 1 aliphatic rings. The van der Waals surface area contributed by atoms with E-state index in [4.69, 9.17) is 0 Å². The zero-order chi connectivity index (χ0) is 23.5. The molecule has 0 spiro atoms. The van der Waals surface area contributed by atoms with Crippen molar-refractivity contribution in [1.29, 1.82) is 0 Å². The summed E-state index contributed by atoms with van der Waals surface area (Å²) in [4.78, 5) is 27.7. The van der Waals surface area contributed by atoms with E-state index in [1.54, 1.807) is 29.9 Å². The van der Waals surface area contributed by atoms with E-state index in [1.807, 2.05) is 0 Å². The summed E-state index contributed by atoms with van der Waals surface area (Å²) in [5.41, 5.74) is 1.27. The standard InChI is InChI=1S/C21H24F2N8OS/c1-12-5-4-7-30(12)21-28-16-9-13(6-8-31(16)29-21)26-19(32)17(25-3)14(10-24-2)20-27-15(11-33-20)18(22)23/h6,8-12,18,25H,4-5,7H2,1-3H3,(H,26,32)/b17-14+,24-10?/t12-/m0/s1. The van der Waals surface area contributed by atoms with E-state index >= 15 is 0 Å². The average Bonchev–Trinajstić information content (AvgIpc) is 3.52. The van der Waals surface area contributed by atoms with Gasteiger partial charge in [0.05, 0.1) is 5.57 Å². The predicted molar refractivity (Wildman–Crippen MR) is 125 cm³/mol. The van der Waals surface area contributed by atoms with Gasteiger partial charge in [0.2, 0.25) is 5.95 Å². The Hall–Kier alpha value is -3.41. The van der Waals surface area contributed by atoms with Crippen LogP contribution < -0.4 is 15.5 Å². The maximum absolute atomic E-state index is 13.1. The topological polar surface area (TPSA) is 99.8 Å². The first-order valence-corrected chi connectivity index (χ1v) is 11.3. The highest BCUT2D eigenvalue weighted by molar-refractivity contribution is 7.11. The zero-order valence-electron chi connectivity index (χ0n) is 18.4. The smallest absolute Gasteiger partial charge is 0.281 e. The van der Waals surface area contributed by atoms with Crippen LogP contribution in [0.4, 0.5) is 20.4 Å². The quantitative estimate of drug-likeness (QED) is 0.402. The minimum absolute atomic E-state index is 0.156. The van der Waals surface area contributed by atoms with E-state index in [0.717, 1.165) is 30.7 Å². The number of halogens is 2. The summed E-state index contributed by atoms with van der Waals surface area (Å²) >= 11 is 1.02. The lowest BCUT2D eigenvalue weighted by Crippen LogP contribution is -2.27. The van der Waals surface area contributed by atoms with Crippen molar-refractivity contribution in [2.24, 2.45) is 4.99 Å². The number of amides is 1. The molecule has 4 heterocycles. The molecule has 1 fully saturated rings. The third kappa shape index (κ3) is 4.70. The van der Waals surface area contributed by atoms with E-state index in [-0.39, 0.29) is 16.4 Å². The van der Waals surface area contributed by atoms with E-state index < -0.39 is 12.3 Å². The Balaban J connectivity index is 1.61. The normalized spacial score (nSPS) is 17.3. The molecule has 1 amide bonds. The van der Waals surface area contributed by atoms with Crippen molar-refractivity contribution in [3.63, 3.8) is 0 Å². The van der Waals surface area contributed by atoms with Gasteiger partial charge in [-0.25, -0.2) is 18.3 Å². The number of pyridine rings is 1. The van der Waals surface area contributed by atoms with Gasteiger partial charge in [-0.15, -0.1) is 16.4 Å². The van der Waals surface area contributed by atoms with E-state index in [0.29, 0.717) is 28.9 Å². The first-order chi connectivity index (χ1) is 15.9. The van der Waals surface area contributed by atoms with Crippen molar-refractivity contribution in [2.45, 2.75) is 32.2 Å². The Morgan fingerprint density at radius 1 is 1.39 bits per heavy atom. The number of thiazole rings is 1. The lowest BCUT2D eigenvalue weighted by atomic mass is 10.2. The molecular formula is C21H24F2N8OS. The largest absolute Gasteiger partial charge is 0.383 e. The van der Waals surface area contributed by atoms with E-state index in [9.17, 15) is 13.6 Å². The van der Waals surface area contributed by atoms with Gasteiger partial charge in [-0.1, -0.05) is 0 Å². The second-order valence-electron chi connectivity index (χ2n) is 7.57. The van der Waals surface area contributed by atoms with Gasteiger partial charge in [0.1, 0.15) is 16.4 Å². The van der Waals surface area contributed by atoms with Gasteiger partial charge in [0.15, 0.2) is 5.65 Å². The maximum atomic E-state index is 13.1. The van der Waals surface area contributed by atoms with Gasteiger partial charge in [-0.2, -0.15) is 4.98 Å². The number of fused-ring (bicyclic) bond motifs is 1.